The summed E-state index contributed by atoms with van der Waals surface area (Å²) in [4.78, 5) is 8.88. The Bertz CT molecular complexity index is 993. The lowest BCUT2D eigenvalue weighted by Gasteiger charge is -2.11. The topological polar surface area (TPSA) is 56.7 Å². The number of nitrogens with two attached hydrogens (primary N) is 1. The molecule has 2 N–H and O–H groups in total. The number of pyridine rings is 1. The first-order valence-corrected chi connectivity index (χ1v) is 7.53. The zero-order valence-electron chi connectivity index (χ0n) is 12.1. The molecule has 0 bridgehead atoms. The van der Waals surface area contributed by atoms with Crippen molar-refractivity contribution in [1.29, 1.82) is 0 Å². The van der Waals surface area contributed by atoms with E-state index in [4.69, 9.17) is 22.3 Å². The van der Waals surface area contributed by atoms with Gasteiger partial charge in [0.25, 0.3) is 0 Å². The maximum absolute atomic E-state index is 6.14. The van der Waals surface area contributed by atoms with Crippen molar-refractivity contribution in [2.45, 2.75) is 0 Å². The molecule has 0 saturated heterocycles. The van der Waals surface area contributed by atoms with Crippen LogP contribution < -0.4 is 5.73 Å². The number of hydrogen-bond donors (Lipinski definition) is 1. The van der Waals surface area contributed by atoms with Crippen LogP contribution in [0.3, 0.4) is 0 Å². The molecule has 0 fully saturated rings. The smallest absolute Gasteiger partial charge is 0.0991 e. The van der Waals surface area contributed by atoms with E-state index < -0.39 is 0 Å². The van der Waals surface area contributed by atoms with Gasteiger partial charge < -0.3 is 10.3 Å². The van der Waals surface area contributed by atoms with E-state index in [2.05, 4.69) is 4.98 Å². The quantitative estimate of drug-likeness (QED) is 0.559. The number of aromatic nitrogens is 3. The number of fused-ring (bicyclic) bond motifs is 1. The molecule has 4 rings (SSSR count). The third-order valence-corrected chi connectivity index (χ3v) is 3.95. The predicted molar refractivity (Wildman–Crippen MR) is 93.7 cm³/mol. The van der Waals surface area contributed by atoms with Gasteiger partial charge in [0, 0.05) is 34.1 Å². The number of nitrogen functional groups attached to an aromatic ring is 1. The first-order valence-electron chi connectivity index (χ1n) is 7.15. The van der Waals surface area contributed by atoms with Crippen molar-refractivity contribution in [1.82, 2.24) is 14.5 Å². The van der Waals surface area contributed by atoms with Gasteiger partial charge in [-0.25, -0.2) is 9.97 Å². The van der Waals surface area contributed by atoms with E-state index >= 15 is 0 Å². The molecule has 4 nitrogen and oxygen atoms in total. The highest BCUT2D eigenvalue weighted by Crippen LogP contribution is 2.29. The van der Waals surface area contributed by atoms with E-state index in [-0.39, 0.29) is 0 Å². The second-order valence-electron chi connectivity index (χ2n) is 5.28. The standard InChI is InChI=1S/C18H13ClN4/c19-13-4-5-15-17(9-13)22-16(12-2-1-3-14(20)8-12)10-18(15)23-7-6-21-11-23/h1-11H,20H2. The molecule has 4 aromatic rings. The SMILES string of the molecule is Nc1cccc(-c2cc(-n3ccnc3)c3ccc(Cl)cc3n2)c1. The molecule has 0 atom stereocenters. The van der Waals surface area contributed by atoms with Crippen molar-refractivity contribution in [3.63, 3.8) is 0 Å². The maximum Gasteiger partial charge on any atom is 0.0991 e. The predicted octanol–water partition coefficient (Wildman–Crippen LogP) is 4.32. The molecule has 0 amide bonds. The molecule has 0 unspecified atom stereocenters. The highest BCUT2D eigenvalue weighted by atomic mass is 35.5. The third-order valence-electron chi connectivity index (χ3n) is 3.72. The molecule has 2 aromatic carbocycles. The lowest BCUT2D eigenvalue weighted by atomic mass is 10.1. The minimum absolute atomic E-state index is 0.659. The van der Waals surface area contributed by atoms with Crippen molar-refractivity contribution in [2.75, 3.05) is 5.73 Å². The number of halogens is 1. The zero-order chi connectivity index (χ0) is 15.8. The van der Waals surface area contributed by atoms with Crippen LogP contribution in [0, 0.1) is 0 Å². The molecule has 0 radical (unpaired) electrons. The summed E-state index contributed by atoms with van der Waals surface area (Å²) in [6, 6.07) is 15.4. The molecule has 0 aliphatic carbocycles. The van der Waals surface area contributed by atoms with Gasteiger partial charge in [-0.15, -0.1) is 0 Å². The zero-order valence-corrected chi connectivity index (χ0v) is 12.9. The maximum atomic E-state index is 6.14. The summed E-state index contributed by atoms with van der Waals surface area (Å²) in [5.41, 5.74) is 10.3. The van der Waals surface area contributed by atoms with Gasteiger partial charge in [0.2, 0.25) is 0 Å². The molecule has 2 aromatic heterocycles. The second kappa shape index (κ2) is 5.41. The minimum atomic E-state index is 0.659. The van der Waals surface area contributed by atoms with Crippen molar-refractivity contribution < 1.29 is 0 Å². The van der Waals surface area contributed by atoms with Crippen LogP contribution in [0.2, 0.25) is 5.02 Å². The van der Waals surface area contributed by atoms with Crippen molar-refractivity contribution in [3.05, 3.63) is 72.3 Å². The molecule has 23 heavy (non-hydrogen) atoms. The Hall–Kier alpha value is -2.85. The van der Waals surface area contributed by atoms with Gasteiger partial charge in [-0.05, 0) is 36.4 Å². The van der Waals surface area contributed by atoms with E-state index in [1.54, 1.807) is 12.5 Å². The number of imidazole rings is 1. The van der Waals surface area contributed by atoms with E-state index in [1.165, 1.54) is 0 Å². The largest absolute Gasteiger partial charge is 0.399 e. The van der Waals surface area contributed by atoms with Gasteiger partial charge in [-0.1, -0.05) is 23.7 Å². The fourth-order valence-electron chi connectivity index (χ4n) is 2.64. The summed E-state index contributed by atoms with van der Waals surface area (Å²) in [6.45, 7) is 0. The minimum Gasteiger partial charge on any atom is -0.399 e. The molecular weight excluding hydrogens is 308 g/mol. The summed E-state index contributed by atoms with van der Waals surface area (Å²) in [5, 5.41) is 1.67. The average Bonchev–Trinajstić information content (AvgIpc) is 3.07. The Kier molecular flexibility index (Phi) is 3.24. The van der Waals surface area contributed by atoms with Gasteiger partial charge in [0.15, 0.2) is 0 Å². The molecule has 0 spiro atoms. The van der Waals surface area contributed by atoms with E-state index in [9.17, 15) is 0 Å². The Balaban J connectivity index is 2.03. The molecule has 0 aliphatic heterocycles. The van der Waals surface area contributed by atoms with Gasteiger partial charge in [0.1, 0.15) is 0 Å². The summed E-state index contributed by atoms with van der Waals surface area (Å²) in [5.74, 6) is 0. The van der Waals surface area contributed by atoms with Crippen LogP contribution in [0.15, 0.2) is 67.3 Å². The van der Waals surface area contributed by atoms with Crippen LogP contribution in [-0.2, 0) is 0 Å². The fraction of sp³-hybridized carbons (Fsp3) is 0. The van der Waals surface area contributed by atoms with E-state index in [0.29, 0.717) is 10.7 Å². The average molecular weight is 321 g/mol. The number of nitrogens with zero attached hydrogens (tertiary/aromatic N) is 3. The summed E-state index contributed by atoms with van der Waals surface area (Å²) in [7, 11) is 0. The van der Waals surface area contributed by atoms with Crippen LogP contribution in [0.1, 0.15) is 0 Å². The number of benzene rings is 2. The lowest BCUT2D eigenvalue weighted by molar-refractivity contribution is 1.06. The number of anilines is 1. The molecule has 112 valence electrons. The van der Waals surface area contributed by atoms with Crippen molar-refractivity contribution in [3.8, 4) is 16.9 Å². The summed E-state index contributed by atoms with van der Waals surface area (Å²) >= 11 is 6.14. The molecule has 0 aliphatic rings. The Morgan fingerprint density at radius 2 is 1.96 bits per heavy atom. The first kappa shape index (κ1) is 13.8. The Morgan fingerprint density at radius 3 is 2.74 bits per heavy atom. The Morgan fingerprint density at radius 1 is 1.04 bits per heavy atom. The molecule has 5 heteroatoms. The van der Waals surface area contributed by atoms with Gasteiger partial charge in [-0.2, -0.15) is 0 Å². The van der Waals surface area contributed by atoms with Crippen molar-refractivity contribution >= 4 is 28.2 Å². The van der Waals surface area contributed by atoms with Crippen LogP contribution in [0.5, 0.6) is 0 Å². The highest BCUT2D eigenvalue weighted by Gasteiger charge is 2.10. The van der Waals surface area contributed by atoms with Crippen LogP contribution >= 0.6 is 11.6 Å². The summed E-state index contributed by atoms with van der Waals surface area (Å²) < 4.78 is 1.97. The van der Waals surface area contributed by atoms with Gasteiger partial charge in [-0.3, -0.25) is 0 Å². The molecular formula is C18H13ClN4. The normalized spacial score (nSPS) is 11.0. The van der Waals surface area contributed by atoms with Crippen molar-refractivity contribution in [2.24, 2.45) is 0 Å². The van der Waals surface area contributed by atoms with Crippen LogP contribution in [-0.4, -0.2) is 14.5 Å². The van der Waals surface area contributed by atoms with Crippen LogP contribution in [0.4, 0.5) is 5.69 Å². The number of hydrogen-bond acceptors (Lipinski definition) is 3. The highest BCUT2D eigenvalue weighted by molar-refractivity contribution is 6.31. The Labute approximate surface area is 138 Å². The monoisotopic (exact) mass is 320 g/mol. The first-order chi connectivity index (χ1) is 11.2. The van der Waals surface area contributed by atoms with Gasteiger partial charge in [0.05, 0.1) is 23.2 Å². The second-order valence-corrected chi connectivity index (χ2v) is 5.72. The third kappa shape index (κ3) is 2.53. The lowest BCUT2D eigenvalue weighted by Crippen LogP contribution is -1.96. The fourth-order valence-corrected chi connectivity index (χ4v) is 2.81. The van der Waals surface area contributed by atoms with E-state index in [0.717, 1.165) is 27.8 Å². The number of rotatable bonds is 2. The molecule has 2 heterocycles. The van der Waals surface area contributed by atoms with Gasteiger partial charge >= 0.3 is 0 Å². The van der Waals surface area contributed by atoms with E-state index in [1.807, 2.05) is 59.3 Å². The van der Waals surface area contributed by atoms with Crippen LogP contribution in [0.25, 0.3) is 27.8 Å². The summed E-state index contributed by atoms with van der Waals surface area (Å²) in [6.07, 6.45) is 5.43. The molecule has 0 saturated carbocycles.